The van der Waals surface area contributed by atoms with Crippen molar-refractivity contribution in [1.82, 2.24) is 0 Å². The lowest BCUT2D eigenvalue weighted by molar-refractivity contribution is 0.570. The van der Waals surface area contributed by atoms with Crippen LogP contribution in [0.3, 0.4) is 0 Å². The summed E-state index contributed by atoms with van der Waals surface area (Å²) < 4.78 is 0. The highest BCUT2D eigenvalue weighted by Crippen LogP contribution is 1.25. The summed E-state index contributed by atoms with van der Waals surface area (Å²) in [5, 5.41) is 0. The molecule has 0 saturated carbocycles. The van der Waals surface area contributed by atoms with E-state index < -0.39 is 0 Å². The van der Waals surface area contributed by atoms with Gasteiger partial charge in [0.15, 0.2) is 5.62 Å². The molecule has 0 aliphatic heterocycles. The van der Waals surface area contributed by atoms with Crippen molar-refractivity contribution in [3.05, 3.63) is 0 Å². The molecule has 3 heteroatoms. The van der Waals surface area contributed by atoms with E-state index in [0.717, 1.165) is 0 Å². The van der Waals surface area contributed by atoms with E-state index >= 15 is 0 Å². The highest BCUT2D eigenvalue weighted by Gasteiger charge is 1.38. The van der Waals surface area contributed by atoms with Gasteiger partial charge in [0.2, 0.25) is 0 Å². The van der Waals surface area contributed by atoms with E-state index in [9.17, 15) is 0 Å². The summed E-state index contributed by atoms with van der Waals surface area (Å²) in [6.07, 6.45) is 0. The van der Waals surface area contributed by atoms with E-state index in [-0.39, 0.29) is 0 Å². The number of carbonyl (C=O) groups is 1. The van der Waals surface area contributed by atoms with Gasteiger partial charge in [-0.3, -0.25) is 4.79 Å². The molecule has 0 aliphatic rings. The van der Waals surface area contributed by atoms with Crippen molar-refractivity contribution in [1.29, 1.82) is 0 Å². The van der Waals surface area contributed by atoms with Gasteiger partial charge in [-0.15, -0.1) is 0 Å². The Morgan fingerprint density at radius 1 is 2.00 bits per heavy atom. The van der Waals surface area contributed by atoms with Gasteiger partial charge in [0, 0.05) is 0 Å². The average molecular weight is 94.2 g/mol. The van der Waals surface area contributed by atoms with E-state index in [1.165, 1.54) is 0 Å². The quantitative estimate of drug-likeness (QED) is 0.347. The molecule has 0 aromatic carbocycles. The van der Waals surface area contributed by atoms with Gasteiger partial charge in [-0.2, -0.15) is 0 Å². The summed E-state index contributed by atoms with van der Waals surface area (Å²) in [4.78, 5) is 9.06. The molecule has 0 unspecified atom stereocenters. The van der Waals surface area contributed by atoms with Crippen LogP contribution in [0.15, 0.2) is 0 Å². The Kier molecular flexibility index (Phi) is 3.43. The number of thiol groups is 1. The normalized spacial score (nSPS) is 6.00. The molecule has 0 bridgehead atoms. The first-order valence-corrected chi connectivity index (χ1v) is 2.65. The van der Waals surface area contributed by atoms with E-state index in [1.807, 2.05) is 0 Å². The summed E-state index contributed by atoms with van der Waals surface area (Å²) in [5.41, 5.74) is 0.662. The Hall–Kier alpha value is 0.240. The fourth-order valence-corrected chi connectivity index (χ4v) is 0. The molecule has 0 aromatic rings. The summed E-state index contributed by atoms with van der Waals surface area (Å²) >= 11 is 4.16. The van der Waals surface area contributed by atoms with Crippen LogP contribution in [0, 0.1) is 0 Å². The first kappa shape index (κ1) is 4.24. The van der Waals surface area contributed by atoms with Gasteiger partial charge in [-0.25, -0.2) is 0 Å². The van der Waals surface area contributed by atoms with Crippen LogP contribution in [0.1, 0.15) is 0 Å². The molecule has 0 atom stereocenters. The van der Waals surface area contributed by atoms with Crippen molar-refractivity contribution in [2.75, 3.05) is 0 Å². The first-order chi connectivity index (χ1) is 1.91. The molecule has 1 nitrogen and oxygen atoms in total. The predicted molar refractivity (Wildman–Crippen MR) is 22.9 cm³/mol. The van der Waals surface area contributed by atoms with E-state index in [2.05, 4.69) is 11.2 Å². The van der Waals surface area contributed by atoms with E-state index in [4.69, 9.17) is 4.79 Å². The molecular weight excluding hydrogens is 92.1 g/mol. The van der Waals surface area contributed by atoms with Crippen LogP contribution in [-0.4, -0.2) is 5.62 Å². The molecule has 0 spiro atoms. The monoisotopic (exact) mass is 94.0 g/mol. The van der Waals surface area contributed by atoms with Crippen LogP contribution in [0.25, 0.3) is 0 Å². The summed E-state index contributed by atoms with van der Waals surface area (Å²) in [5.74, 6) is 0. The van der Waals surface area contributed by atoms with Crippen molar-refractivity contribution in [3.63, 3.8) is 0 Å². The first-order valence-electron chi connectivity index (χ1n) is 0.676. The zero-order chi connectivity index (χ0) is 3.41. The fourth-order valence-electron chi connectivity index (χ4n) is 0. The van der Waals surface area contributed by atoms with Crippen molar-refractivity contribution in [2.45, 2.75) is 0 Å². The second-order valence-electron chi connectivity index (χ2n) is 0.211. The van der Waals surface area contributed by atoms with Crippen molar-refractivity contribution >= 4 is 27.1 Å². The molecule has 0 amide bonds. The highest BCUT2D eigenvalue weighted by atomic mass is 32.8. The zero-order valence-electron chi connectivity index (χ0n) is 1.84. The molecule has 0 N–H and O–H groups in total. The standard InChI is InChI=1S/CH2OS2/c2-1-4-3/h1,4H. The molecule has 0 aromatic heterocycles. The second kappa shape index (κ2) is 3.24. The van der Waals surface area contributed by atoms with Crippen LogP contribution in [0.2, 0.25) is 0 Å². The molecule has 0 saturated heterocycles. The number of hydrogen-bond donors (Lipinski definition) is 1. The molecule has 0 radical (unpaired) electrons. The van der Waals surface area contributed by atoms with Gasteiger partial charge < -0.3 is 0 Å². The lowest BCUT2D eigenvalue weighted by atomic mass is 11.8. The van der Waals surface area contributed by atoms with Crippen LogP contribution in [0.4, 0.5) is 0 Å². The van der Waals surface area contributed by atoms with Crippen LogP contribution < -0.4 is 0 Å². The van der Waals surface area contributed by atoms with Crippen LogP contribution in [-0.2, 0) is 26.3 Å². The third kappa shape index (κ3) is 2.24. The Balaban J connectivity index is 2.73. The minimum Gasteiger partial charge on any atom is -0.291 e. The zero-order valence-corrected chi connectivity index (χ0v) is 3.55. The number of carbonyl (C=O) groups excluding carboxylic acids is 1. The minimum atomic E-state index is 0.401. The van der Waals surface area contributed by atoms with Gasteiger partial charge in [-0.1, -0.05) is 10.3 Å². The SMILES string of the molecule is O=C[SH]=S. The maximum Gasteiger partial charge on any atom is 0.177 e. The van der Waals surface area contributed by atoms with Crippen LogP contribution >= 0.6 is 0 Å². The van der Waals surface area contributed by atoms with E-state index in [0.29, 0.717) is 15.9 Å². The van der Waals surface area contributed by atoms with Gasteiger partial charge in [0.05, 0.1) is 0 Å². The predicted octanol–water partition coefficient (Wildman–Crippen LogP) is -0.547. The summed E-state index contributed by atoms with van der Waals surface area (Å²) in [6, 6.07) is 0. The lowest BCUT2D eigenvalue weighted by Crippen LogP contribution is -1.50. The highest BCUT2D eigenvalue weighted by molar-refractivity contribution is 8.25. The van der Waals surface area contributed by atoms with Gasteiger partial charge >= 0.3 is 0 Å². The molecular formula is CH2OS2. The maximum absolute atomic E-state index is 9.06. The molecule has 0 heterocycles. The Morgan fingerprint density at radius 2 is 2.25 bits per heavy atom. The molecule has 0 fully saturated rings. The topological polar surface area (TPSA) is 17.1 Å². The van der Waals surface area contributed by atoms with Crippen LogP contribution in [0.5, 0.6) is 0 Å². The molecule has 24 valence electrons. The molecule has 0 aliphatic carbocycles. The Bertz CT molecular complexity index is 27.0. The fraction of sp³-hybridized carbons (Fsp3) is 0. The smallest absolute Gasteiger partial charge is 0.177 e. The van der Waals surface area contributed by atoms with Crippen molar-refractivity contribution < 1.29 is 4.79 Å². The molecule has 4 heavy (non-hydrogen) atoms. The van der Waals surface area contributed by atoms with Gasteiger partial charge in [-0.05, 0) is 11.2 Å². The maximum atomic E-state index is 9.06. The third-order valence-electron chi connectivity index (χ3n) is 0.0430. The summed E-state index contributed by atoms with van der Waals surface area (Å²) in [6.45, 7) is 0. The minimum absolute atomic E-state index is 0.401. The number of hydrogen-bond acceptors (Lipinski definition) is 2. The second-order valence-corrected chi connectivity index (χ2v) is 1.26. The van der Waals surface area contributed by atoms with Crippen molar-refractivity contribution in [2.24, 2.45) is 0 Å². The average Bonchev–Trinajstić information content (AvgIpc) is 1.37. The molecule has 0 rings (SSSR count). The Morgan fingerprint density at radius 3 is 2.25 bits per heavy atom. The van der Waals surface area contributed by atoms with E-state index in [1.54, 1.807) is 0 Å². The lowest BCUT2D eigenvalue weighted by Gasteiger charge is -1.37. The third-order valence-corrected chi connectivity index (χ3v) is 0.387. The van der Waals surface area contributed by atoms with Gasteiger partial charge in [0.1, 0.15) is 0 Å². The largest absolute Gasteiger partial charge is 0.291 e. The van der Waals surface area contributed by atoms with Gasteiger partial charge in [0.25, 0.3) is 0 Å². The summed E-state index contributed by atoms with van der Waals surface area (Å²) in [7, 11) is 0.401. The Labute approximate surface area is 32.6 Å². The van der Waals surface area contributed by atoms with Crippen molar-refractivity contribution in [3.8, 4) is 0 Å². The number of rotatable bonds is 1.